The van der Waals surface area contributed by atoms with Crippen LogP contribution in [0.15, 0.2) is 53.3 Å². The van der Waals surface area contributed by atoms with E-state index in [1.807, 2.05) is 0 Å². The van der Waals surface area contributed by atoms with Gasteiger partial charge in [-0.05, 0) is 36.4 Å². The predicted molar refractivity (Wildman–Crippen MR) is 87.3 cm³/mol. The van der Waals surface area contributed by atoms with Crippen LogP contribution in [0.2, 0.25) is 0 Å². The van der Waals surface area contributed by atoms with Crippen LogP contribution in [0.1, 0.15) is 0 Å². The number of hydrogen-bond acceptors (Lipinski definition) is 3. The number of nitrogens with zero attached hydrogens (tertiary/aromatic N) is 1. The van der Waals surface area contributed by atoms with E-state index in [-0.39, 0.29) is 17.1 Å². The van der Waals surface area contributed by atoms with Crippen LogP contribution in [0.5, 0.6) is 5.75 Å². The minimum atomic E-state index is -0.379. The number of halogens is 1. The maximum Gasteiger partial charge on any atom is 0.280 e. The Labute approximate surface area is 130 Å². The minimum Gasteiger partial charge on any atom is -0.506 e. The molecule has 0 spiro atoms. The first kappa shape index (κ1) is 14.6. The zero-order valence-corrected chi connectivity index (χ0v) is 12.1. The molecule has 3 N–H and O–H groups in total. The number of anilines is 1. The van der Waals surface area contributed by atoms with Crippen LogP contribution in [0.3, 0.4) is 0 Å². The quantitative estimate of drug-likeness (QED) is 0.638. The molecule has 116 valence electrons. The van der Waals surface area contributed by atoms with Gasteiger partial charge >= 0.3 is 0 Å². The lowest BCUT2D eigenvalue weighted by atomic mass is 10.3. The van der Waals surface area contributed by atoms with Crippen molar-refractivity contribution in [3.05, 3.63) is 75.3 Å². The SMILES string of the molecule is C=c1[nH]n(-c2ccc(F)cc2)c(=O)c1=CNc1ccccc1O. The summed E-state index contributed by atoms with van der Waals surface area (Å²) >= 11 is 0. The second kappa shape index (κ2) is 5.84. The number of aromatic nitrogens is 2. The van der Waals surface area contributed by atoms with Gasteiger partial charge in [-0.15, -0.1) is 0 Å². The lowest BCUT2D eigenvalue weighted by Crippen LogP contribution is -2.34. The van der Waals surface area contributed by atoms with Crippen LogP contribution < -0.4 is 21.4 Å². The van der Waals surface area contributed by atoms with Crippen molar-refractivity contribution in [2.75, 3.05) is 5.32 Å². The molecule has 0 fully saturated rings. The number of phenols is 1. The summed E-state index contributed by atoms with van der Waals surface area (Å²) in [5.74, 6) is -0.306. The van der Waals surface area contributed by atoms with E-state index < -0.39 is 0 Å². The molecule has 0 aliphatic heterocycles. The molecule has 0 unspecified atom stereocenters. The highest BCUT2D eigenvalue weighted by Crippen LogP contribution is 2.20. The number of nitrogens with one attached hydrogen (secondary N) is 2. The standard InChI is InChI=1S/C17H14FN3O2/c1-11-14(10-19-15-4-2-3-5-16(15)22)17(23)21(20-11)13-8-6-12(18)7-9-13/h2-10,19-20,22H,1H2. The van der Waals surface area contributed by atoms with Crippen molar-refractivity contribution in [2.45, 2.75) is 0 Å². The zero-order valence-electron chi connectivity index (χ0n) is 12.1. The van der Waals surface area contributed by atoms with E-state index in [1.165, 1.54) is 41.2 Å². The highest BCUT2D eigenvalue weighted by Gasteiger charge is 2.05. The number of hydrogen-bond donors (Lipinski definition) is 3. The Hall–Kier alpha value is -3.28. The summed E-state index contributed by atoms with van der Waals surface area (Å²) in [6.07, 6.45) is 1.47. The lowest BCUT2D eigenvalue weighted by molar-refractivity contribution is 0.478. The molecular weight excluding hydrogens is 297 g/mol. The van der Waals surface area contributed by atoms with Crippen LogP contribution in [0.4, 0.5) is 10.1 Å². The fourth-order valence-electron chi connectivity index (χ4n) is 2.16. The Balaban J connectivity index is 2.03. The van der Waals surface area contributed by atoms with E-state index in [4.69, 9.17) is 0 Å². The van der Waals surface area contributed by atoms with Crippen LogP contribution >= 0.6 is 0 Å². The van der Waals surface area contributed by atoms with Crippen molar-refractivity contribution in [3.63, 3.8) is 0 Å². The second-order valence-electron chi connectivity index (χ2n) is 4.93. The zero-order chi connectivity index (χ0) is 16.4. The summed E-state index contributed by atoms with van der Waals surface area (Å²) < 4.78 is 14.3. The summed E-state index contributed by atoms with van der Waals surface area (Å²) in [6, 6.07) is 12.2. The average molecular weight is 311 g/mol. The lowest BCUT2D eigenvalue weighted by Gasteiger charge is -2.01. The third-order valence-corrected chi connectivity index (χ3v) is 3.37. The number of aromatic hydroxyl groups is 1. The van der Waals surface area contributed by atoms with Crippen molar-refractivity contribution in [3.8, 4) is 11.4 Å². The number of phenolic OH excluding ortho intramolecular Hbond substituents is 1. The average Bonchev–Trinajstić information content (AvgIpc) is 2.82. The number of benzene rings is 2. The van der Waals surface area contributed by atoms with Gasteiger partial charge in [-0.3, -0.25) is 9.89 Å². The molecule has 3 aromatic rings. The normalized spacial score (nSPS) is 11.6. The van der Waals surface area contributed by atoms with Gasteiger partial charge in [0.15, 0.2) is 0 Å². The van der Waals surface area contributed by atoms with Crippen molar-refractivity contribution in [1.82, 2.24) is 9.78 Å². The largest absolute Gasteiger partial charge is 0.506 e. The van der Waals surface area contributed by atoms with Gasteiger partial charge in [0.25, 0.3) is 5.56 Å². The van der Waals surface area contributed by atoms with Crippen LogP contribution in [0, 0.1) is 5.82 Å². The summed E-state index contributed by atoms with van der Waals surface area (Å²) in [7, 11) is 0. The minimum absolute atomic E-state index is 0.0729. The Kier molecular flexibility index (Phi) is 3.72. The first-order valence-electron chi connectivity index (χ1n) is 6.87. The Bertz CT molecular complexity index is 1000. The summed E-state index contributed by atoms with van der Waals surface area (Å²) in [5, 5.41) is 16.1. The number of para-hydroxylation sites is 2. The van der Waals surface area contributed by atoms with E-state index in [0.717, 1.165) is 0 Å². The van der Waals surface area contributed by atoms with Crippen molar-refractivity contribution in [1.29, 1.82) is 0 Å². The third kappa shape index (κ3) is 2.87. The molecule has 0 atom stereocenters. The molecule has 23 heavy (non-hydrogen) atoms. The van der Waals surface area contributed by atoms with Gasteiger partial charge in [0, 0.05) is 6.20 Å². The molecular formula is C17H14FN3O2. The highest BCUT2D eigenvalue weighted by atomic mass is 19.1. The first-order valence-corrected chi connectivity index (χ1v) is 6.87. The summed E-state index contributed by atoms with van der Waals surface area (Å²) in [5.41, 5.74) is 0.647. The van der Waals surface area contributed by atoms with Gasteiger partial charge in [-0.1, -0.05) is 18.7 Å². The fraction of sp³-hybridized carbons (Fsp3) is 0. The van der Waals surface area contributed by atoms with E-state index in [1.54, 1.807) is 18.2 Å². The Morgan fingerprint density at radius 3 is 2.57 bits per heavy atom. The molecule has 0 bridgehead atoms. The van der Waals surface area contributed by atoms with E-state index in [2.05, 4.69) is 17.0 Å². The number of aromatic amines is 1. The molecule has 0 saturated carbocycles. The van der Waals surface area contributed by atoms with Crippen LogP contribution in [-0.2, 0) is 0 Å². The van der Waals surface area contributed by atoms with Gasteiger partial charge in [-0.25, -0.2) is 9.07 Å². The van der Waals surface area contributed by atoms with Crippen molar-refractivity contribution < 1.29 is 9.50 Å². The summed E-state index contributed by atoms with van der Waals surface area (Å²) in [4.78, 5) is 12.4. The summed E-state index contributed by atoms with van der Waals surface area (Å²) in [6.45, 7) is 3.80. The monoisotopic (exact) mass is 311 g/mol. The highest BCUT2D eigenvalue weighted by molar-refractivity contribution is 5.62. The van der Waals surface area contributed by atoms with Crippen LogP contribution in [-0.4, -0.2) is 14.9 Å². The molecule has 0 radical (unpaired) electrons. The van der Waals surface area contributed by atoms with Gasteiger partial charge < -0.3 is 10.4 Å². The van der Waals surface area contributed by atoms with E-state index in [0.29, 0.717) is 21.9 Å². The molecule has 2 aromatic carbocycles. The molecule has 0 aliphatic rings. The van der Waals surface area contributed by atoms with Gasteiger partial charge in [0.05, 0.1) is 21.9 Å². The number of H-pyrrole nitrogens is 1. The maximum atomic E-state index is 13.0. The van der Waals surface area contributed by atoms with Gasteiger partial charge in [0.1, 0.15) is 11.6 Å². The Morgan fingerprint density at radius 1 is 1.17 bits per heavy atom. The molecule has 0 saturated heterocycles. The molecule has 0 aliphatic carbocycles. The van der Waals surface area contributed by atoms with Crippen molar-refractivity contribution >= 4 is 18.5 Å². The predicted octanol–water partition coefficient (Wildman–Crippen LogP) is 1.27. The number of rotatable bonds is 3. The first-order chi connectivity index (χ1) is 11.1. The van der Waals surface area contributed by atoms with E-state index in [9.17, 15) is 14.3 Å². The van der Waals surface area contributed by atoms with Gasteiger partial charge in [0.2, 0.25) is 0 Å². The molecule has 0 amide bonds. The smallest absolute Gasteiger partial charge is 0.280 e. The Morgan fingerprint density at radius 2 is 1.87 bits per heavy atom. The van der Waals surface area contributed by atoms with Gasteiger partial charge in [-0.2, -0.15) is 0 Å². The fourth-order valence-corrected chi connectivity index (χ4v) is 2.16. The third-order valence-electron chi connectivity index (χ3n) is 3.37. The molecule has 3 rings (SSSR count). The topological polar surface area (TPSA) is 70.0 Å². The van der Waals surface area contributed by atoms with E-state index >= 15 is 0 Å². The second-order valence-corrected chi connectivity index (χ2v) is 4.93. The maximum absolute atomic E-state index is 13.0. The molecule has 1 aromatic heterocycles. The van der Waals surface area contributed by atoms with Crippen LogP contribution in [0.25, 0.3) is 18.5 Å². The molecule has 1 heterocycles. The van der Waals surface area contributed by atoms with Crippen molar-refractivity contribution in [2.24, 2.45) is 0 Å². The molecule has 5 nitrogen and oxygen atoms in total. The molecule has 6 heteroatoms.